The van der Waals surface area contributed by atoms with Crippen LogP contribution in [0.3, 0.4) is 0 Å². The number of rotatable bonds is 2. The predicted molar refractivity (Wildman–Crippen MR) is 60.3 cm³/mol. The average molecular weight is 220 g/mol. The molecule has 4 heteroatoms. The molecule has 1 aliphatic heterocycles. The van der Waals surface area contributed by atoms with Gasteiger partial charge in [-0.15, -0.1) is 0 Å². The molecule has 0 bridgehead atoms. The summed E-state index contributed by atoms with van der Waals surface area (Å²) in [7, 11) is 0. The Kier molecular flexibility index (Phi) is 3.19. The number of aryl methyl sites for hydroxylation is 1. The van der Waals surface area contributed by atoms with Gasteiger partial charge < -0.3 is 10.1 Å². The molecule has 86 valence electrons. The molecule has 0 aliphatic carbocycles. The van der Waals surface area contributed by atoms with Crippen molar-refractivity contribution in [2.24, 2.45) is 0 Å². The summed E-state index contributed by atoms with van der Waals surface area (Å²) in [5.41, 5.74) is 3.56. The van der Waals surface area contributed by atoms with Crippen molar-refractivity contribution in [3.05, 3.63) is 28.6 Å². The Bertz CT molecular complexity index is 416. The molecular weight excluding hydrogens is 204 g/mol. The second-order valence-electron chi connectivity index (χ2n) is 3.87. The molecule has 1 aliphatic rings. The summed E-state index contributed by atoms with van der Waals surface area (Å²) >= 11 is 0. The summed E-state index contributed by atoms with van der Waals surface area (Å²) in [5, 5.41) is 3.27. The van der Waals surface area contributed by atoms with E-state index in [4.69, 9.17) is 4.74 Å². The van der Waals surface area contributed by atoms with Crippen LogP contribution in [0.25, 0.3) is 0 Å². The highest BCUT2D eigenvalue weighted by molar-refractivity contribution is 5.90. The lowest BCUT2D eigenvalue weighted by Gasteiger charge is -2.18. The monoisotopic (exact) mass is 220 g/mol. The fraction of sp³-hybridized carbons (Fsp3) is 0.500. The lowest BCUT2D eigenvalue weighted by atomic mass is 10.0. The van der Waals surface area contributed by atoms with Crippen molar-refractivity contribution in [2.45, 2.75) is 26.8 Å². The van der Waals surface area contributed by atoms with Gasteiger partial charge in [0.1, 0.15) is 0 Å². The number of esters is 1. The SMILES string of the molecule is CCOC(=O)c1cc2c(nc1C)CCNC2. The van der Waals surface area contributed by atoms with Gasteiger partial charge in [0.05, 0.1) is 17.9 Å². The lowest BCUT2D eigenvalue weighted by Crippen LogP contribution is -2.25. The van der Waals surface area contributed by atoms with Crippen LogP contribution < -0.4 is 5.32 Å². The first-order chi connectivity index (χ1) is 7.72. The molecule has 0 aromatic carbocycles. The van der Waals surface area contributed by atoms with Crippen molar-refractivity contribution < 1.29 is 9.53 Å². The van der Waals surface area contributed by atoms with Crippen molar-refractivity contribution in [3.8, 4) is 0 Å². The third kappa shape index (κ3) is 2.07. The standard InChI is InChI=1S/C12H16N2O2/c1-3-16-12(15)10-6-9-7-13-5-4-11(9)14-8(10)2/h6,13H,3-5,7H2,1-2H3. The molecule has 0 fully saturated rings. The van der Waals surface area contributed by atoms with Gasteiger partial charge in [-0.25, -0.2) is 4.79 Å². The molecule has 0 saturated carbocycles. The van der Waals surface area contributed by atoms with Crippen LogP contribution in [0, 0.1) is 6.92 Å². The van der Waals surface area contributed by atoms with E-state index < -0.39 is 0 Å². The Balaban J connectivity index is 2.35. The van der Waals surface area contributed by atoms with Crippen molar-refractivity contribution >= 4 is 5.97 Å². The van der Waals surface area contributed by atoms with Crippen LogP contribution in [0.1, 0.15) is 34.2 Å². The highest BCUT2D eigenvalue weighted by Gasteiger charge is 2.17. The Morgan fingerprint density at radius 2 is 2.44 bits per heavy atom. The van der Waals surface area contributed by atoms with E-state index in [2.05, 4.69) is 10.3 Å². The number of ether oxygens (including phenoxy) is 1. The van der Waals surface area contributed by atoms with Gasteiger partial charge in [0.2, 0.25) is 0 Å². The second-order valence-corrected chi connectivity index (χ2v) is 3.87. The summed E-state index contributed by atoms with van der Waals surface area (Å²) in [5.74, 6) is -0.277. The van der Waals surface area contributed by atoms with Gasteiger partial charge in [0.25, 0.3) is 0 Å². The first kappa shape index (κ1) is 11.1. The van der Waals surface area contributed by atoms with Crippen LogP contribution in [-0.2, 0) is 17.7 Å². The quantitative estimate of drug-likeness (QED) is 0.761. The molecule has 2 rings (SSSR count). The minimum Gasteiger partial charge on any atom is -0.462 e. The number of nitrogens with one attached hydrogen (secondary N) is 1. The lowest BCUT2D eigenvalue weighted by molar-refractivity contribution is 0.0524. The van der Waals surface area contributed by atoms with Gasteiger partial charge in [-0.3, -0.25) is 4.98 Å². The van der Waals surface area contributed by atoms with E-state index >= 15 is 0 Å². The molecular formula is C12H16N2O2. The van der Waals surface area contributed by atoms with E-state index in [1.54, 1.807) is 6.92 Å². The Morgan fingerprint density at radius 1 is 1.62 bits per heavy atom. The van der Waals surface area contributed by atoms with Crippen LogP contribution in [0.15, 0.2) is 6.07 Å². The maximum absolute atomic E-state index is 11.7. The van der Waals surface area contributed by atoms with Gasteiger partial charge in [-0.05, 0) is 25.5 Å². The highest BCUT2D eigenvalue weighted by Crippen LogP contribution is 2.17. The summed E-state index contributed by atoms with van der Waals surface area (Å²) in [6.45, 7) is 5.80. The molecule has 0 atom stereocenters. The normalized spacial score (nSPS) is 14.4. The number of nitrogens with zero attached hydrogens (tertiary/aromatic N) is 1. The summed E-state index contributed by atoms with van der Waals surface area (Å²) in [6.07, 6.45) is 0.930. The van der Waals surface area contributed by atoms with E-state index in [0.717, 1.165) is 36.5 Å². The van der Waals surface area contributed by atoms with Gasteiger partial charge in [-0.2, -0.15) is 0 Å². The predicted octanol–water partition coefficient (Wildman–Crippen LogP) is 1.21. The molecule has 2 heterocycles. The number of carbonyl (C=O) groups excluding carboxylic acids is 1. The fourth-order valence-corrected chi connectivity index (χ4v) is 1.91. The summed E-state index contributed by atoms with van der Waals surface area (Å²) in [4.78, 5) is 16.1. The van der Waals surface area contributed by atoms with Crippen LogP contribution in [0.2, 0.25) is 0 Å². The van der Waals surface area contributed by atoms with Gasteiger partial charge >= 0.3 is 5.97 Å². The highest BCUT2D eigenvalue weighted by atomic mass is 16.5. The first-order valence-electron chi connectivity index (χ1n) is 5.59. The number of hydrogen-bond donors (Lipinski definition) is 1. The van der Waals surface area contributed by atoms with Crippen molar-refractivity contribution in [1.29, 1.82) is 0 Å². The van der Waals surface area contributed by atoms with E-state index in [1.165, 1.54) is 0 Å². The molecule has 4 nitrogen and oxygen atoms in total. The van der Waals surface area contributed by atoms with E-state index in [1.807, 2.05) is 13.0 Å². The maximum Gasteiger partial charge on any atom is 0.339 e. The minimum absolute atomic E-state index is 0.277. The summed E-state index contributed by atoms with van der Waals surface area (Å²) in [6, 6.07) is 1.90. The van der Waals surface area contributed by atoms with Crippen LogP contribution >= 0.6 is 0 Å². The van der Waals surface area contributed by atoms with Crippen molar-refractivity contribution in [1.82, 2.24) is 10.3 Å². The van der Waals surface area contributed by atoms with Crippen molar-refractivity contribution in [2.75, 3.05) is 13.2 Å². The summed E-state index contributed by atoms with van der Waals surface area (Å²) < 4.78 is 5.00. The molecule has 0 amide bonds. The van der Waals surface area contributed by atoms with E-state index in [-0.39, 0.29) is 5.97 Å². The number of aromatic nitrogens is 1. The minimum atomic E-state index is -0.277. The zero-order valence-electron chi connectivity index (χ0n) is 9.67. The van der Waals surface area contributed by atoms with Crippen molar-refractivity contribution in [3.63, 3.8) is 0 Å². The number of fused-ring (bicyclic) bond motifs is 1. The number of carbonyl (C=O) groups is 1. The smallest absolute Gasteiger partial charge is 0.339 e. The molecule has 0 spiro atoms. The molecule has 0 radical (unpaired) electrons. The molecule has 16 heavy (non-hydrogen) atoms. The van der Waals surface area contributed by atoms with Gasteiger partial charge in [0, 0.05) is 25.2 Å². The third-order valence-electron chi connectivity index (χ3n) is 2.73. The largest absolute Gasteiger partial charge is 0.462 e. The van der Waals surface area contributed by atoms with Crippen LogP contribution in [-0.4, -0.2) is 24.1 Å². The topological polar surface area (TPSA) is 51.2 Å². The van der Waals surface area contributed by atoms with Crippen LogP contribution in [0.5, 0.6) is 0 Å². The van der Waals surface area contributed by atoms with Gasteiger partial charge in [-0.1, -0.05) is 0 Å². The second kappa shape index (κ2) is 4.61. The Hall–Kier alpha value is -1.42. The Morgan fingerprint density at radius 3 is 3.19 bits per heavy atom. The molecule has 0 saturated heterocycles. The van der Waals surface area contributed by atoms with Crippen LogP contribution in [0.4, 0.5) is 0 Å². The third-order valence-corrected chi connectivity index (χ3v) is 2.73. The number of pyridine rings is 1. The zero-order valence-corrected chi connectivity index (χ0v) is 9.67. The number of hydrogen-bond acceptors (Lipinski definition) is 4. The molecule has 1 aromatic heterocycles. The molecule has 0 unspecified atom stereocenters. The first-order valence-corrected chi connectivity index (χ1v) is 5.59. The Labute approximate surface area is 95.0 Å². The van der Waals surface area contributed by atoms with Gasteiger partial charge in [0.15, 0.2) is 0 Å². The molecule has 1 aromatic rings. The molecule has 1 N–H and O–H groups in total. The van der Waals surface area contributed by atoms with E-state index in [0.29, 0.717) is 12.2 Å². The fourth-order valence-electron chi connectivity index (χ4n) is 1.91. The van der Waals surface area contributed by atoms with E-state index in [9.17, 15) is 4.79 Å². The maximum atomic E-state index is 11.7. The zero-order chi connectivity index (χ0) is 11.5. The average Bonchev–Trinajstić information content (AvgIpc) is 2.28.